The van der Waals surface area contributed by atoms with Gasteiger partial charge in [-0.15, -0.1) is 0 Å². The molecule has 1 rings (SSSR count). The predicted molar refractivity (Wildman–Crippen MR) is 61.3 cm³/mol. The zero-order valence-electron chi connectivity index (χ0n) is 9.41. The van der Waals surface area contributed by atoms with Crippen LogP contribution in [0.25, 0.3) is 0 Å². The normalized spacial score (nSPS) is 10.1. The van der Waals surface area contributed by atoms with E-state index in [1.807, 2.05) is 25.8 Å². The summed E-state index contributed by atoms with van der Waals surface area (Å²) < 4.78 is 0. The summed E-state index contributed by atoms with van der Waals surface area (Å²) in [5.41, 5.74) is 7.17. The van der Waals surface area contributed by atoms with Crippen molar-refractivity contribution in [3.63, 3.8) is 0 Å². The lowest BCUT2D eigenvalue weighted by atomic mass is 10.3. The van der Waals surface area contributed by atoms with Crippen LogP contribution in [0.5, 0.6) is 0 Å². The Hall–Kier alpha value is -1.65. The maximum absolute atomic E-state index is 7.14. The molecule has 1 heterocycles. The summed E-state index contributed by atoms with van der Waals surface area (Å²) in [6, 6.07) is 0. The van der Waals surface area contributed by atoms with Crippen molar-refractivity contribution in [2.45, 2.75) is 20.3 Å². The molecule has 0 atom stereocenters. The van der Waals surface area contributed by atoms with Crippen LogP contribution in [0.1, 0.15) is 17.8 Å². The third kappa shape index (κ3) is 3.19. The smallest absolute Gasteiger partial charge is 0.147 e. The number of nitrogens with two attached hydrogens (primary N) is 1. The molecule has 0 amide bonds. The molecule has 0 aliphatic rings. The molecule has 0 aromatic carbocycles. The molecule has 5 heteroatoms. The molecular weight excluding hydrogens is 190 g/mol. The van der Waals surface area contributed by atoms with Crippen LogP contribution in [-0.2, 0) is 0 Å². The van der Waals surface area contributed by atoms with Gasteiger partial charge in [0.1, 0.15) is 5.82 Å². The Bertz CT molecular complexity index is 361. The Labute approximate surface area is 89.8 Å². The highest BCUT2D eigenvalue weighted by Crippen LogP contribution is 2.09. The van der Waals surface area contributed by atoms with Crippen LogP contribution >= 0.6 is 0 Å². The summed E-state index contributed by atoms with van der Waals surface area (Å²) in [6.07, 6.45) is 2.29. The summed E-state index contributed by atoms with van der Waals surface area (Å²) in [5.74, 6) is 1.01. The third-order valence-corrected chi connectivity index (χ3v) is 2.29. The monoisotopic (exact) mass is 207 g/mol. The Morgan fingerprint density at radius 1 is 1.47 bits per heavy atom. The van der Waals surface area contributed by atoms with Crippen LogP contribution in [-0.4, -0.2) is 29.4 Å². The zero-order chi connectivity index (χ0) is 11.4. The van der Waals surface area contributed by atoms with E-state index in [1.165, 1.54) is 0 Å². The number of anilines is 1. The standard InChI is InChI=1S/C10H17N5/c1-7-8(2)14-10(6-13-7)15(3)5-4-9(11)12/h6H,4-5H2,1-3H3,(H3,11,12). The summed E-state index contributed by atoms with van der Waals surface area (Å²) in [7, 11) is 1.92. The van der Waals surface area contributed by atoms with Crippen molar-refractivity contribution < 1.29 is 0 Å². The molecule has 15 heavy (non-hydrogen) atoms. The van der Waals surface area contributed by atoms with Gasteiger partial charge in [-0.2, -0.15) is 0 Å². The molecule has 0 unspecified atom stereocenters. The quantitative estimate of drug-likeness (QED) is 0.567. The fraction of sp³-hybridized carbons (Fsp3) is 0.500. The molecule has 0 aliphatic heterocycles. The van der Waals surface area contributed by atoms with Gasteiger partial charge >= 0.3 is 0 Å². The highest BCUT2D eigenvalue weighted by molar-refractivity contribution is 5.77. The van der Waals surface area contributed by atoms with E-state index >= 15 is 0 Å². The average molecular weight is 207 g/mol. The lowest BCUT2D eigenvalue weighted by Crippen LogP contribution is -2.24. The van der Waals surface area contributed by atoms with Crippen molar-refractivity contribution in [2.24, 2.45) is 5.73 Å². The third-order valence-electron chi connectivity index (χ3n) is 2.29. The van der Waals surface area contributed by atoms with Gasteiger partial charge < -0.3 is 10.6 Å². The fourth-order valence-electron chi connectivity index (χ4n) is 1.12. The first-order valence-corrected chi connectivity index (χ1v) is 4.85. The summed E-state index contributed by atoms with van der Waals surface area (Å²) in [5, 5.41) is 7.14. The predicted octanol–water partition coefficient (Wildman–Crippen LogP) is 0.856. The second kappa shape index (κ2) is 4.72. The molecule has 0 spiro atoms. The lowest BCUT2D eigenvalue weighted by molar-refractivity contribution is 0.871. The van der Waals surface area contributed by atoms with Crippen molar-refractivity contribution in [3.05, 3.63) is 17.6 Å². The minimum absolute atomic E-state index is 0.193. The van der Waals surface area contributed by atoms with Crippen molar-refractivity contribution in [3.8, 4) is 0 Å². The van der Waals surface area contributed by atoms with Gasteiger partial charge in [-0.1, -0.05) is 0 Å². The molecule has 0 radical (unpaired) electrons. The largest absolute Gasteiger partial charge is 0.388 e. The number of nitrogens with zero attached hydrogens (tertiary/aromatic N) is 3. The SMILES string of the molecule is Cc1ncc(N(C)CCC(=N)N)nc1C. The number of nitrogens with one attached hydrogen (secondary N) is 1. The van der Waals surface area contributed by atoms with Gasteiger partial charge in [0.25, 0.3) is 0 Å². The molecule has 0 fully saturated rings. The minimum atomic E-state index is 0.193. The molecule has 0 bridgehead atoms. The van der Waals surface area contributed by atoms with Crippen LogP contribution in [0.3, 0.4) is 0 Å². The molecule has 0 saturated carbocycles. The first-order chi connectivity index (χ1) is 7.00. The van der Waals surface area contributed by atoms with E-state index in [4.69, 9.17) is 11.1 Å². The first-order valence-electron chi connectivity index (χ1n) is 4.85. The molecule has 1 aromatic heterocycles. The van der Waals surface area contributed by atoms with Gasteiger partial charge in [0.05, 0.1) is 23.4 Å². The van der Waals surface area contributed by atoms with E-state index in [1.54, 1.807) is 6.20 Å². The molecule has 3 N–H and O–H groups in total. The van der Waals surface area contributed by atoms with Crippen LogP contribution in [0.4, 0.5) is 5.82 Å². The summed E-state index contributed by atoms with van der Waals surface area (Å²) in [4.78, 5) is 10.6. The van der Waals surface area contributed by atoms with Gasteiger partial charge in [0.15, 0.2) is 0 Å². The van der Waals surface area contributed by atoms with Crippen LogP contribution in [0.2, 0.25) is 0 Å². The first kappa shape index (κ1) is 11.4. The molecule has 0 aliphatic carbocycles. The fourth-order valence-corrected chi connectivity index (χ4v) is 1.12. The topological polar surface area (TPSA) is 78.9 Å². The second-order valence-electron chi connectivity index (χ2n) is 3.60. The number of amidine groups is 1. The summed E-state index contributed by atoms with van der Waals surface area (Å²) in [6.45, 7) is 4.55. The van der Waals surface area contributed by atoms with Crippen LogP contribution in [0, 0.1) is 19.3 Å². The molecular formula is C10H17N5. The highest BCUT2D eigenvalue weighted by Gasteiger charge is 2.05. The van der Waals surface area contributed by atoms with E-state index in [9.17, 15) is 0 Å². The Morgan fingerprint density at radius 3 is 2.67 bits per heavy atom. The van der Waals surface area contributed by atoms with Gasteiger partial charge in [-0.25, -0.2) is 4.98 Å². The van der Waals surface area contributed by atoms with Crippen LogP contribution in [0.15, 0.2) is 6.20 Å². The highest BCUT2D eigenvalue weighted by atomic mass is 15.2. The molecule has 5 nitrogen and oxygen atoms in total. The van der Waals surface area contributed by atoms with E-state index in [0.29, 0.717) is 13.0 Å². The number of hydrogen-bond donors (Lipinski definition) is 2. The van der Waals surface area contributed by atoms with E-state index < -0.39 is 0 Å². The molecule has 1 aromatic rings. The maximum Gasteiger partial charge on any atom is 0.147 e. The van der Waals surface area contributed by atoms with Crippen molar-refractivity contribution in [1.82, 2.24) is 9.97 Å². The molecule has 0 saturated heterocycles. The number of aromatic nitrogens is 2. The Morgan fingerprint density at radius 2 is 2.13 bits per heavy atom. The maximum atomic E-state index is 7.14. The van der Waals surface area contributed by atoms with Gasteiger partial charge in [0.2, 0.25) is 0 Å². The van der Waals surface area contributed by atoms with E-state index in [-0.39, 0.29) is 5.84 Å². The van der Waals surface area contributed by atoms with Gasteiger partial charge in [0, 0.05) is 20.0 Å². The second-order valence-corrected chi connectivity index (χ2v) is 3.60. The minimum Gasteiger partial charge on any atom is -0.388 e. The van der Waals surface area contributed by atoms with Gasteiger partial charge in [-0.3, -0.25) is 10.4 Å². The Balaban J connectivity index is 2.69. The van der Waals surface area contributed by atoms with Crippen molar-refractivity contribution in [2.75, 3.05) is 18.5 Å². The van der Waals surface area contributed by atoms with Crippen LogP contribution < -0.4 is 10.6 Å². The van der Waals surface area contributed by atoms with Crippen molar-refractivity contribution in [1.29, 1.82) is 5.41 Å². The van der Waals surface area contributed by atoms with Gasteiger partial charge in [-0.05, 0) is 13.8 Å². The summed E-state index contributed by atoms with van der Waals surface area (Å²) >= 11 is 0. The number of hydrogen-bond acceptors (Lipinski definition) is 4. The van der Waals surface area contributed by atoms with E-state index in [0.717, 1.165) is 17.2 Å². The number of aryl methyl sites for hydroxylation is 2. The van der Waals surface area contributed by atoms with E-state index in [2.05, 4.69) is 9.97 Å². The van der Waals surface area contributed by atoms with Crippen molar-refractivity contribution >= 4 is 11.7 Å². The Kier molecular flexibility index (Phi) is 3.60. The molecule has 82 valence electrons. The zero-order valence-corrected chi connectivity index (χ0v) is 9.41. The lowest BCUT2D eigenvalue weighted by Gasteiger charge is -2.17. The average Bonchev–Trinajstić information content (AvgIpc) is 2.18. The number of rotatable bonds is 4.